The molecule has 0 aromatic heterocycles. The molecule has 0 atom stereocenters. The third-order valence-electron chi connectivity index (χ3n) is 2.12. The minimum Gasteiger partial charge on any atom is -0.294 e. The molecule has 0 fully saturated rings. The lowest BCUT2D eigenvalue weighted by molar-refractivity contribution is -0.170. The van der Waals surface area contributed by atoms with Gasteiger partial charge in [-0.25, -0.2) is 0 Å². The summed E-state index contributed by atoms with van der Waals surface area (Å²) in [6.45, 7) is 1.62. The first kappa shape index (κ1) is 13.7. The van der Waals surface area contributed by atoms with Gasteiger partial charge in [-0.05, 0) is 30.7 Å². The lowest BCUT2D eigenvalue weighted by Gasteiger charge is -2.05. The number of hydrogen-bond donors (Lipinski definition) is 0. The lowest BCUT2D eigenvalue weighted by atomic mass is 10.0. The third kappa shape index (κ3) is 3.56. The normalized spacial score (nSPS) is 11.4. The first-order valence-electron chi connectivity index (χ1n) is 4.61. The van der Waals surface area contributed by atoms with Gasteiger partial charge in [0.25, 0.3) is 0 Å². The number of hydrogen-bond acceptors (Lipinski definition) is 2. The Morgan fingerprint density at radius 1 is 1.29 bits per heavy atom. The first-order chi connectivity index (χ1) is 7.71. The van der Waals surface area contributed by atoms with Gasteiger partial charge in [0, 0.05) is 10.6 Å². The van der Waals surface area contributed by atoms with Gasteiger partial charge in [0.1, 0.15) is 0 Å². The summed E-state index contributed by atoms with van der Waals surface area (Å²) in [6.07, 6.45) is -6.15. The van der Waals surface area contributed by atoms with E-state index in [1.807, 2.05) is 0 Å². The minimum absolute atomic E-state index is 0.0458. The molecule has 6 heteroatoms. The summed E-state index contributed by atoms with van der Waals surface area (Å²) in [4.78, 5) is 22.0. The second-order valence-electron chi connectivity index (χ2n) is 3.48. The summed E-state index contributed by atoms with van der Waals surface area (Å²) in [7, 11) is 0. The van der Waals surface area contributed by atoms with Crippen LogP contribution in [0.15, 0.2) is 18.2 Å². The Balaban J connectivity index is 2.84. The monoisotopic (exact) mass is 264 g/mol. The highest BCUT2D eigenvalue weighted by atomic mass is 35.5. The van der Waals surface area contributed by atoms with Gasteiger partial charge in [-0.3, -0.25) is 9.59 Å². The second-order valence-corrected chi connectivity index (χ2v) is 3.89. The minimum atomic E-state index is -4.98. The number of alkyl halides is 3. The zero-order valence-electron chi connectivity index (χ0n) is 8.77. The van der Waals surface area contributed by atoms with Gasteiger partial charge in [-0.1, -0.05) is 11.6 Å². The van der Waals surface area contributed by atoms with Crippen molar-refractivity contribution in [1.82, 2.24) is 0 Å². The largest absolute Gasteiger partial charge is 0.450 e. The topological polar surface area (TPSA) is 34.1 Å². The van der Waals surface area contributed by atoms with Gasteiger partial charge in [-0.2, -0.15) is 13.2 Å². The molecule has 0 saturated carbocycles. The van der Waals surface area contributed by atoms with Crippen LogP contribution in [0.2, 0.25) is 5.02 Å². The molecule has 0 heterocycles. The summed E-state index contributed by atoms with van der Waals surface area (Å²) in [5.41, 5.74) is 0.612. The molecule has 0 radical (unpaired) electrons. The molecule has 0 aliphatic rings. The summed E-state index contributed by atoms with van der Waals surface area (Å²) >= 11 is 5.71. The summed E-state index contributed by atoms with van der Waals surface area (Å²) in [6, 6.07) is 4.05. The average molecular weight is 265 g/mol. The van der Waals surface area contributed by atoms with Gasteiger partial charge < -0.3 is 0 Å². The second kappa shape index (κ2) is 4.87. The van der Waals surface area contributed by atoms with Crippen LogP contribution in [0.5, 0.6) is 0 Å². The fourth-order valence-corrected chi connectivity index (χ4v) is 1.28. The maximum atomic E-state index is 11.9. The van der Waals surface area contributed by atoms with Gasteiger partial charge in [0.2, 0.25) is 5.78 Å². The van der Waals surface area contributed by atoms with E-state index in [9.17, 15) is 22.8 Å². The molecule has 17 heavy (non-hydrogen) atoms. The number of rotatable bonds is 3. The molecular formula is C11H8ClF3O2. The summed E-state index contributed by atoms with van der Waals surface area (Å²) in [5.74, 6) is -2.91. The lowest BCUT2D eigenvalue weighted by Crippen LogP contribution is -2.25. The predicted molar refractivity (Wildman–Crippen MR) is 56.2 cm³/mol. The Morgan fingerprint density at radius 3 is 2.35 bits per heavy atom. The van der Waals surface area contributed by atoms with E-state index >= 15 is 0 Å². The molecule has 1 aromatic rings. The quantitative estimate of drug-likeness (QED) is 0.620. The van der Waals surface area contributed by atoms with E-state index in [0.717, 1.165) is 0 Å². The van der Waals surface area contributed by atoms with Crippen LogP contribution in [-0.2, 0) is 4.79 Å². The standard InChI is InChI=1S/C11H8ClF3O2/c1-6-4-7(2-3-8(6)12)9(16)5-10(17)11(13,14)15/h2-4H,5H2,1H3. The van der Waals surface area contributed by atoms with Crippen molar-refractivity contribution in [1.29, 1.82) is 0 Å². The van der Waals surface area contributed by atoms with E-state index in [1.54, 1.807) is 6.92 Å². The fourth-order valence-electron chi connectivity index (χ4n) is 1.17. The van der Waals surface area contributed by atoms with Crippen LogP contribution < -0.4 is 0 Å². The van der Waals surface area contributed by atoms with Crippen LogP contribution in [0.3, 0.4) is 0 Å². The third-order valence-corrected chi connectivity index (χ3v) is 2.54. The van der Waals surface area contributed by atoms with E-state index in [2.05, 4.69) is 0 Å². The van der Waals surface area contributed by atoms with Crippen LogP contribution in [0.25, 0.3) is 0 Å². The van der Waals surface area contributed by atoms with Crippen molar-refractivity contribution < 1.29 is 22.8 Å². The Bertz CT molecular complexity index is 466. The molecule has 0 saturated heterocycles. The van der Waals surface area contributed by atoms with Crippen molar-refractivity contribution >= 4 is 23.2 Å². The van der Waals surface area contributed by atoms with E-state index < -0.39 is 24.2 Å². The molecule has 0 aliphatic heterocycles. The first-order valence-corrected chi connectivity index (χ1v) is 4.99. The Morgan fingerprint density at radius 2 is 1.88 bits per heavy atom. The predicted octanol–water partition coefficient (Wildman–Crippen LogP) is 3.35. The van der Waals surface area contributed by atoms with Crippen molar-refractivity contribution in [2.75, 3.05) is 0 Å². The van der Waals surface area contributed by atoms with Gasteiger partial charge >= 0.3 is 6.18 Å². The number of halogens is 4. The molecule has 0 spiro atoms. The molecule has 0 unspecified atom stereocenters. The number of carbonyl (C=O) groups excluding carboxylic acids is 2. The zero-order chi connectivity index (χ0) is 13.2. The van der Waals surface area contributed by atoms with Gasteiger partial charge in [0.15, 0.2) is 5.78 Å². The molecule has 0 aliphatic carbocycles. The van der Waals surface area contributed by atoms with Crippen LogP contribution in [0.4, 0.5) is 13.2 Å². The zero-order valence-corrected chi connectivity index (χ0v) is 9.52. The Hall–Kier alpha value is -1.36. The van der Waals surface area contributed by atoms with Crippen molar-refractivity contribution in [2.24, 2.45) is 0 Å². The molecule has 0 N–H and O–H groups in total. The van der Waals surface area contributed by atoms with Crippen LogP contribution in [-0.4, -0.2) is 17.7 Å². The molecule has 92 valence electrons. The van der Waals surface area contributed by atoms with Gasteiger partial charge in [0.05, 0.1) is 6.42 Å². The maximum absolute atomic E-state index is 11.9. The smallest absolute Gasteiger partial charge is 0.294 e. The average Bonchev–Trinajstić information content (AvgIpc) is 2.20. The van der Waals surface area contributed by atoms with E-state index in [-0.39, 0.29) is 5.56 Å². The number of carbonyl (C=O) groups is 2. The highest BCUT2D eigenvalue weighted by Gasteiger charge is 2.39. The van der Waals surface area contributed by atoms with E-state index in [1.165, 1.54) is 18.2 Å². The van der Waals surface area contributed by atoms with Crippen LogP contribution >= 0.6 is 11.6 Å². The fraction of sp³-hybridized carbons (Fsp3) is 0.273. The van der Waals surface area contributed by atoms with Crippen LogP contribution in [0.1, 0.15) is 22.3 Å². The number of aryl methyl sites for hydroxylation is 1. The number of benzene rings is 1. The Kier molecular flexibility index (Phi) is 3.93. The summed E-state index contributed by atoms with van der Waals surface area (Å²) < 4.78 is 35.8. The molecule has 0 bridgehead atoms. The number of ketones is 2. The Labute approximate surface area is 100 Å². The number of Topliss-reactive ketones (excluding diaryl/α,β-unsaturated/α-hetero) is 2. The SMILES string of the molecule is Cc1cc(C(=O)CC(=O)C(F)(F)F)ccc1Cl. The van der Waals surface area contributed by atoms with Crippen molar-refractivity contribution in [2.45, 2.75) is 19.5 Å². The highest BCUT2D eigenvalue weighted by Crippen LogP contribution is 2.21. The van der Waals surface area contributed by atoms with Crippen molar-refractivity contribution in [3.05, 3.63) is 34.3 Å². The molecule has 2 nitrogen and oxygen atoms in total. The van der Waals surface area contributed by atoms with Gasteiger partial charge in [-0.15, -0.1) is 0 Å². The maximum Gasteiger partial charge on any atom is 0.450 e. The molecule has 1 aromatic carbocycles. The summed E-state index contributed by atoms with van der Waals surface area (Å²) in [5, 5.41) is 0.406. The molecule has 0 amide bonds. The van der Waals surface area contributed by atoms with Crippen LogP contribution in [0, 0.1) is 6.92 Å². The van der Waals surface area contributed by atoms with Crippen molar-refractivity contribution in [3.63, 3.8) is 0 Å². The molecule has 1 rings (SSSR count). The molecular weight excluding hydrogens is 257 g/mol. The van der Waals surface area contributed by atoms with E-state index in [0.29, 0.717) is 10.6 Å². The van der Waals surface area contributed by atoms with E-state index in [4.69, 9.17) is 11.6 Å². The highest BCUT2D eigenvalue weighted by molar-refractivity contribution is 6.31. The van der Waals surface area contributed by atoms with Crippen molar-refractivity contribution in [3.8, 4) is 0 Å².